The lowest BCUT2D eigenvalue weighted by molar-refractivity contribution is -0.132. The van der Waals surface area contributed by atoms with E-state index in [4.69, 9.17) is 10.2 Å². The van der Waals surface area contributed by atoms with Crippen LogP contribution in [-0.4, -0.2) is 27.1 Å². The Morgan fingerprint density at radius 1 is 1.75 bits per heavy atom. The number of carboxylic acid groups (broad SMARTS) is 1. The Kier molecular flexibility index (Phi) is 2.69. The van der Waals surface area contributed by atoms with Crippen molar-refractivity contribution in [1.82, 2.24) is 0 Å². The third-order valence-corrected chi connectivity index (χ3v) is 2.48. The number of allylic oxidation sites excluding steroid dienone is 1. The molecule has 0 aromatic carbocycles. The minimum Gasteiger partial charge on any atom is -0.478 e. The maximum Gasteiger partial charge on any atom is 0.335 e. The summed E-state index contributed by atoms with van der Waals surface area (Å²) in [7, 11) is 0. The molecule has 1 atom stereocenters. The Hall–Kier alpha value is -0.610. The summed E-state index contributed by atoms with van der Waals surface area (Å²) in [4.78, 5) is 10.5. The third-order valence-electron chi connectivity index (χ3n) is 1.68. The van der Waals surface area contributed by atoms with Crippen molar-refractivity contribution in [2.75, 3.05) is 6.61 Å². The number of halogens is 1. The molecule has 0 aliphatic heterocycles. The van der Waals surface area contributed by atoms with Gasteiger partial charge >= 0.3 is 5.97 Å². The Labute approximate surface area is 78.5 Å². The molecule has 0 saturated carbocycles. The molecule has 66 valence electrons. The zero-order valence-electron chi connectivity index (χ0n) is 6.33. The molecule has 2 N–H and O–H groups in total. The van der Waals surface area contributed by atoms with Crippen molar-refractivity contribution in [3.8, 4) is 0 Å². The molecule has 0 aromatic rings. The molecule has 0 saturated heterocycles. The van der Waals surface area contributed by atoms with E-state index in [9.17, 15) is 4.79 Å². The van der Waals surface area contributed by atoms with E-state index >= 15 is 0 Å². The second-order valence-electron chi connectivity index (χ2n) is 2.70. The van der Waals surface area contributed by atoms with Crippen LogP contribution in [0.2, 0.25) is 0 Å². The van der Waals surface area contributed by atoms with Gasteiger partial charge in [-0.1, -0.05) is 34.2 Å². The summed E-state index contributed by atoms with van der Waals surface area (Å²) in [6.45, 7) is -0.103. The topological polar surface area (TPSA) is 57.5 Å². The summed E-state index contributed by atoms with van der Waals surface area (Å²) >= 11 is 3.26. The zero-order valence-corrected chi connectivity index (χ0v) is 7.91. The number of hydrogen-bond acceptors (Lipinski definition) is 2. The molecule has 0 spiro atoms. The minimum absolute atomic E-state index is 0.103. The lowest BCUT2D eigenvalue weighted by Crippen LogP contribution is -2.25. The van der Waals surface area contributed by atoms with Crippen molar-refractivity contribution in [2.24, 2.45) is 0 Å². The van der Waals surface area contributed by atoms with Crippen LogP contribution in [-0.2, 0) is 4.79 Å². The highest BCUT2D eigenvalue weighted by Gasteiger charge is 2.26. The number of carbonyl (C=O) groups is 1. The van der Waals surface area contributed by atoms with Gasteiger partial charge in [0.25, 0.3) is 0 Å². The molecule has 1 unspecified atom stereocenters. The van der Waals surface area contributed by atoms with Crippen molar-refractivity contribution in [3.05, 3.63) is 23.8 Å². The molecular weight excluding hydrogens is 224 g/mol. The van der Waals surface area contributed by atoms with Crippen LogP contribution in [0, 0.1) is 0 Å². The van der Waals surface area contributed by atoms with Crippen LogP contribution in [0.15, 0.2) is 23.8 Å². The zero-order chi connectivity index (χ0) is 9.19. The number of hydrogen-bond donors (Lipinski definition) is 2. The number of aliphatic hydroxyl groups is 1. The largest absolute Gasteiger partial charge is 0.478 e. The number of alkyl halides is 1. The van der Waals surface area contributed by atoms with Gasteiger partial charge in [-0.2, -0.15) is 0 Å². The first kappa shape index (κ1) is 9.48. The summed E-state index contributed by atoms with van der Waals surface area (Å²) < 4.78 is -0.588. The summed E-state index contributed by atoms with van der Waals surface area (Å²) in [5, 5.41) is 17.6. The average molecular weight is 233 g/mol. The summed E-state index contributed by atoms with van der Waals surface area (Å²) in [5.74, 6) is -0.969. The van der Waals surface area contributed by atoms with Gasteiger partial charge in [-0.15, -0.1) is 0 Å². The summed E-state index contributed by atoms with van der Waals surface area (Å²) in [6, 6.07) is 0. The third kappa shape index (κ3) is 1.95. The fraction of sp³-hybridized carbons (Fsp3) is 0.375. The van der Waals surface area contributed by atoms with Gasteiger partial charge in [-0.05, 0) is 6.42 Å². The number of carboxylic acids is 1. The van der Waals surface area contributed by atoms with E-state index < -0.39 is 10.3 Å². The van der Waals surface area contributed by atoms with Gasteiger partial charge in [0.15, 0.2) is 0 Å². The molecular formula is C8H9BrO3. The van der Waals surface area contributed by atoms with Gasteiger partial charge < -0.3 is 10.2 Å². The van der Waals surface area contributed by atoms with Gasteiger partial charge in [0.2, 0.25) is 0 Å². The predicted octanol–water partition coefficient (Wildman–Crippen LogP) is 1.08. The summed E-state index contributed by atoms with van der Waals surface area (Å²) in [6.07, 6.45) is 5.40. The lowest BCUT2D eigenvalue weighted by atomic mass is 9.97. The highest BCUT2D eigenvalue weighted by atomic mass is 79.9. The van der Waals surface area contributed by atoms with Crippen LogP contribution >= 0.6 is 15.9 Å². The fourth-order valence-corrected chi connectivity index (χ4v) is 1.44. The first-order chi connectivity index (χ1) is 5.57. The molecule has 1 rings (SSSR count). The van der Waals surface area contributed by atoms with Crippen LogP contribution in [0.3, 0.4) is 0 Å². The van der Waals surface area contributed by atoms with Gasteiger partial charge in [0.05, 0.1) is 16.5 Å². The van der Waals surface area contributed by atoms with Gasteiger partial charge in [-0.25, -0.2) is 4.79 Å². The van der Waals surface area contributed by atoms with Crippen LogP contribution < -0.4 is 0 Å². The molecule has 12 heavy (non-hydrogen) atoms. The van der Waals surface area contributed by atoms with Crippen LogP contribution in [0.5, 0.6) is 0 Å². The van der Waals surface area contributed by atoms with E-state index in [0.717, 1.165) is 0 Å². The van der Waals surface area contributed by atoms with Crippen molar-refractivity contribution in [2.45, 2.75) is 10.7 Å². The molecule has 3 nitrogen and oxygen atoms in total. The molecule has 0 bridgehead atoms. The highest BCUT2D eigenvalue weighted by molar-refractivity contribution is 9.10. The van der Waals surface area contributed by atoms with Crippen LogP contribution in [0.1, 0.15) is 6.42 Å². The Morgan fingerprint density at radius 3 is 2.92 bits per heavy atom. The van der Waals surface area contributed by atoms with Crippen molar-refractivity contribution < 1.29 is 15.0 Å². The van der Waals surface area contributed by atoms with Gasteiger partial charge in [0.1, 0.15) is 0 Å². The minimum atomic E-state index is -0.969. The van der Waals surface area contributed by atoms with Gasteiger partial charge in [-0.3, -0.25) is 0 Å². The Morgan fingerprint density at radius 2 is 2.42 bits per heavy atom. The molecule has 1 aliphatic rings. The molecule has 0 heterocycles. The Bertz CT molecular complexity index is 257. The van der Waals surface area contributed by atoms with Crippen LogP contribution in [0.4, 0.5) is 0 Å². The predicted molar refractivity (Wildman–Crippen MR) is 48.2 cm³/mol. The molecule has 0 fully saturated rings. The van der Waals surface area contributed by atoms with E-state index in [1.807, 2.05) is 0 Å². The fourth-order valence-electron chi connectivity index (χ4n) is 1.01. The number of aliphatic hydroxyl groups excluding tert-OH is 1. The average Bonchev–Trinajstić information content (AvgIpc) is 2.05. The first-order valence-corrected chi connectivity index (χ1v) is 4.29. The monoisotopic (exact) mass is 232 g/mol. The van der Waals surface area contributed by atoms with E-state index in [2.05, 4.69) is 15.9 Å². The first-order valence-electron chi connectivity index (χ1n) is 3.50. The second-order valence-corrected chi connectivity index (χ2v) is 4.28. The Balaban J connectivity index is 2.89. The van der Waals surface area contributed by atoms with Crippen LogP contribution in [0.25, 0.3) is 0 Å². The van der Waals surface area contributed by atoms with E-state index in [-0.39, 0.29) is 12.2 Å². The molecule has 4 heteroatoms. The number of aliphatic carboxylic acids is 1. The van der Waals surface area contributed by atoms with E-state index in [1.165, 1.54) is 12.2 Å². The summed E-state index contributed by atoms with van der Waals surface area (Å²) in [5.41, 5.74) is 0.215. The van der Waals surface area contributed by atoms with E-state index in [0.29, 0.717) is 6.42 Å². The smallest absolute Gasteiger partial charge is 0.335 e. The van der Waals surface area contributed by atoms with E-state index in [1.54, 1.807) is 6.08 Å². The van der Waals surface area contributed by atoms with Crippen molar-refractivity contribution in [1.29, 1.82) is 0 Å². The normalized spacial score (nSPS) is 28.3. The second kappa shape index (κ2) is 3.41. The lowest BCUT2D eigenvalue weighted by Gasteiger charge is -2.22. The standard InChI is InChI=1S/C8H9BrO3/c9-8(5-10)3-1-2-6(4-8)7(11)12/h1-2,4,10H,3,5H2,(H,11,12). The molecule has 0 aromatic heterocycles. The highest BCUT2D eigenvalue weighted by Crippen LogP contribution is 2.29. The number of rotatable bonds is 2. The molecule has 0 radical (unpaired) electrons. The maximum atomic E-state index is 10.5. The quantitative estimate of drug-likeness (QED) is 0.701. The van der Waals surface area contributed by atoms with Gasteiger partial charge in [0, 0.05) is 0 Å². The van der Waals surface area contributed by atoms with Crippen molar-refractivity contribution >= 4 is 21.9 Å². The maximum absolute atomic E-state index is 10.5. The molecule has 0 amide bonds. The SMILES string of the molecule is O=C(O)C1=CC(Br)(CO)CC=C1. The molecule has 1 aliphatic carbocycles. The van der Waals surface area contributed by atoms with Crippen molar-refractivity contribution in [3.63, 3.8) is 0 Å².